The molecule has 1 aromatic carbocycles. The molecule has 1 aliphatic heterocycles. The van der Waals surface area contributed by atoms with Gasteiger partial charge in [-0.2, -0.15) is 0 Å². The maximum atomic E-state index is 12.6. The van der Waals surface area contributed by atoms with Crippen molar-refractivity contribution in [3.05, 3.63) is 29.8 Å². The summed E-state index contributed by atoms with van der Waals surface area (Å²) in [6, 6.07) is 6.51. The van der Waals surface area contributed by atoms with Gasteiger partial charge in [0, 0.05) is 19.3 Å². The zero-order chi connectivity index (χ0) is 16.1. The van der Waals surface area contributed by atoms with Crippen LogP contribution in [0, 0.1) is 6.92 Å². The van der Waals surface area contributed by atoms with E-state index in [9.17, 15) is 9.59 Å². The quantitative estimate of drug-likeness (QED) is 0.833. The second kappa shape index (κ2) is 7.38. The Balaban J connectivity index is 2.03. The highest BCUT2D eigenvalue weighted by Gasteiger charge is 2.31. The predicted octanol–water partition coefficient (Wildman–Crippen LogP) is 0.580. The first-order valence-electron chi connectivity index (χ1n) is 7.46. The van der Waals surface area contributed by atoms with Gasteiger partial charge in [-0.1, -0.05) is 17.7 Å². The van der Waals surface area contributed by atoms with Crippen LogP contribution < -0.4 is 16.0 Å². The topological polar surface area (TPSA) is 84.7 Å². The van der Waals surface area contributed by atoms with Crippen molar-refractivity contribution in [3.63, 3.8) is 0 Å². The van der Waals surface area contributed by atoms with Crippen LogP contribution in [-0.2, 0) is 14.3 Å². The van der Waals surface area contributed by atoms with Crippen molar-refractivity contribution < 1.29 is 14.3 Å². The minimum Gasteiger partial charge on any atom is -0.383 e. The molecule has 120 valence electrons. The molecule has 0 bridgehead atoms. The Bertz CT molecular complexity index is 530. The van der Waals surface area contributed by atoms with Crippen LogP contribution in [0.4, 0.5) is 5.69 Å². The molecule has 1 aliphatic rings. The van der Waals surface area contributed by atoms with Crippen molar-refractivity contribution in [2.24, 2.45) is 5.73 Å². The third-order valence-electron chi connectivity index (χ3n) is 3.78. The molecule has 2 atom stereocenters. The Morgan fingerprint density at radius 1 is 1.45 bits per heavy atom. The van der Waals surface area contributed by atoms with Gasteiger partial charge in [0.2, 0.25) is 11.8 Å². The number of ether oxygens (including phenoxy) is 1. The molecule has 2 unspecified atom stereocenters. The second-order valence-corrected chi connectivity index (χ2v) is 5.59. The van der Waals surface area contributed by atoms with Gasteiger partial charge in [0.05, 0.1) is 6.61 Å². The number of carbonyl (C=O) groups is 2. The number of nitrogens with two attached hydrogens (primary N) is 1. The zero-order valence-electron chi connectivity index (χ0n) is 13.0. The van der Waals surface area contributed by atoms with Crippen LogP contribution in [0.2, 0.25) is 0 Å². The zero-order valence-corrected chi connectivity index (χ0v) is 13.0. The molecule has 0 aromatic heterocycles. The van der Waals surface area contributed by atoms with Crippen molar-refractivity contribution in [2.45, 2.75) is 31.8 Å². The van der Waals surface area contributed by atoms with Crippen molar-refractivity contribution >= 4 is 17.5 Å². The summed E-state index contributed by atoms with van der Waals surface area (Å²) in [5.41, 5.74) is 7.69. The fourth-order valence-corrected chi connectivity index (χ4v) is 2.52. The lowest BCUT2D eigenvalue weighted by Crippen LogP contribution is -2.56. The average molecular weight is 305 g/mol. The van der Waals surface area contributed by atoms with Crippen molar-refractivity contribution in [2.75, 3.05) is 25.2 Å². The summed E-state index contributed by atoms with van der Waals surface area (Å²) in [5.74, 6) is -0.445. The Kier molecular flexibility index (Phi) is 5.51. The second-order valence-electron chi connectivity index (χ2n) is 5.59. The molecule has 1 heterocycles. The average Bonchev–Trinajstić information content (AvgIpc) is 2.50. The molecule has 1 fully saturated rings. The number of piperidine rings is 1. The largest absolute Gasteiger partial charge is 0.383 e. The SMILES string of the molecule is COCC(N)C(=O)NC1CCCN(c2ccc(C)cc2)C1=O. The van der Waals surface area contributed by atoms with E-state index in [1.165, 1.54) is 7.11 Å². The van der Waals surface area contributed by atoms with Gasteiger partial charge >= 0.3 is 0 Å². The standard InChI is InChI=1S/C16H23N3O3/c1-11-5-7-12(8-6-11)19-9-3-4-14(16(19)21)18-15(20)13(17)10-22-2/h5-8,13-14H,3-4,9-10,17H2,1-2H3,(H,18,20). The van der Waals surface area contributed by atoms with Gasteiger partial charge in [-0.25, -0.2) is 0 Å². The summed E-state index contributed by atoms with van der Waals surface area (Å²) in [4.78, 5) is 26.2. The Hall–Kier alpha value is -1.92. The predicted molar refractivity (Wildman–Crippen MR) is 84.5 cm³/mol. The molecule has 1 aromatic rings. The summed E-state index contributed by atoms with van der Waals surface area (Å²) in [5, 5.41) is 2.73. The number of benzene rings is 1. The van der Waals surface area contributed by atoms with E-state index in [1.54, 1.807) is 4.90 Å². The smallest absolute Gasteiger partial charge is 0.249 e. The summed E-state index contributed by atoms with van der Waals surface area (Å²) in [7, 11) is 1.48. The van der Waals surface area contributed by atoms with Crippen LogP contribution in [0.1, 0.15) is 18.4 Å². The molecule has 2 rings (SSSR count). The number of anilines is 1. The van der Waals surface area contributed by atoms with Gasteiger partial charge in [0.15, 0.2) is 0 Å². The lowest BCUT2D eigenvalue weighted by atomic mass is 10.0. The van der Waals surface area contributed by atoms with Crippen LogP contribution in [0.15, 0.2) is 24.3 Å². The maximum absolute atomic E-state index is 12.6. The fraction of sp³-hybridized carbons (Fsp3) is 0.500. The number of methoxy groups -OCH3 is 1. The van der Waals surface area contributed by atoms with Gasteiger partial charge < -0.3 is 20.7 Å². The lowest BCUT2D eigenvalue weighted by molar-refractivity contribution is -0.129. The van der Waals surface area contributed by atoms with E-state index < -0.39 is 12.1 Å². The number of nitrogens with zero attached hydrogens (tertiary/aromatic N) is 1. The molecule has 0 radical (unpaired) electrons. The molecular weight excluding hydrogens is 282 g/mol. The van der Waals surface area contributed by atoms with E-state index in [-0.39, 0.29) is 18.4 Å². The van der Waals surface area contributed by atoms with E-state index >= 15 is 0 Å². The molecule has 6 heteroatoms. The van der Waals surface area contributed by atoms with Crippen molar-refractivity contribution in [3.8, 4) is 0 Å². The third-order valence-corrected chi connectivity index (χ3v) is 3.78. The third kappa shape index (κ3) is 3.84. The molecule has 2 amide bonds. The van der Waals surface area contributed by atoms with Gasteiger partial charge in [0.1, 0.15) is 12.1 Å². The van der Waals surface area contributed by atoms with Gasteiger partial charge in [-0.15, -0.1) is 0 Å². The highest BCUT2D eigenvalue weighted by Crippen LogP contribution is 2.21. The minimum absolute atomic E-state index is 0.0898. The Morgan fingerprint density at radius 3 is 2.77 bits per heavy atom. The number of hydrogen-bond donors (Lipinski definition) is 2. The number of rotatable bonds is 5. The van der Waals surface area contributed by atoms with Crippen molar-refractivity contribution in [1.82, 2.24) is 5.32 Å². The number of hydrogen-bond acceptors (Lipinski definition) is 4. The Morgan fingerprint density at radius 2 is 2.14 bits per heavy atom. The number of aryl methyl sites for hydroxylation is 1. The molecule has 22 heavy (non-hydrogen) atoms. The van der Waals surface area contributed by atoms with Crippen LogP contribution in [0.25, 0.3) is 0 Å². The van der Waals surface area contributed by atoms with Gasteiger partial charge in [-0.05, 0) is 31.9 Å². The van der Waals surface area contributed by atoms with E-state index in [0.29, 0.717) is 13.0 Å². The molecule has 0 saturated carbocycles. The number of amides is 2. The van der Waals surface area contributed by atoms with Gasteiger partial charge in [-0.3, -0.25) is 9.59 Å². The van der Waals surface area contributed by atoms with Crippen LogP contribution in [-0.4, -0.2) is 44.2 Å². The van der Waals surface area contributed by atoms with E-state index in [1.807, 2.05) is 31.2 Å². The maximum Gasteiger partial charge on any atom is 0.249 e. The molecule has 0 spiro atoms. The van der Waals surface area contributed by atoms with E-state index in [4.69, 9.17) is 10.5 Å². The Labute approximate surface area is 130 Å². The number of nitrogens with one attached hydrogen (secondary N) is 1. The summed E-state index contributed by atoms with van der Waals surface area (Å²) < 4.78 is 4.86. The fourth-order valence-electron chi connectivity index (χ4n) is 2.52. The minimum atomic E-state index is -0.757. The van der Waals surface area contributed by atoms with E-state index in [0.717, 1.165) is 17.7 Å². The van der Waals surface area contributed by atoms with Crippen LogP contribution >= 0.6 is 0 Å². The van der Waals surface area contributed by atoms with Crippen LogP contribution in [0.5, 0.6) is 0 Å². The van der Waals surface area contributed by atoms with Crippen molar-refractivity contribution in [1.29, 1.82) is 0 Å². The van der Waals surface area contributed by atoms with E-state index in [2.05, 4.69) is 5.32 Å². The molecule has 3 N–H and O–H groups in total. The molecular formula is C16H23N3O3. The summed E-state index contributed by atoms with van der Waals surface area (Å²) in [6.07, 6.45) is 1.47. The molecule has 0 aliphatic carbocycles. The highest BCUT2D eigenvalue weighted by molar-refractivity contribution is 6.00. The highest BCUT2D eigenvalue weighted by atomic mass is 16.5. The first-order valence-corrected chi connectivity index (χ1v) is 7.46. The van der Waals surface area contributed by atoms with Gasteiger partial charge in [0.25, 0.3) is 0 Å². The van der Waals surface area contributed by atoms with Crippen LogP contribution in [0.3, 0.4) is 0 Å². The normalized spacial score (nSPS) is 19.9. The molecule has 1 saturated heterocycles. The summed E-state index contributed by atoms with van der Waals surface area (Å²) >= 11 is 0. The summed E-state index contributed by atoms with van der Waals surface area (Å²) in [6.45, 7) is 2.80. The lowest BCUT2D eigenvalue weighted by Gasteiger charge is -2.33. The number of carbonyl (C=O) groups excluding carboxylic acids is 2. The first-order chi connectivity index (χ1) is 10.5. The first kappa shape index (κ1) is 16.5. The monoisotopic (exact) mass is 305 g/mol. The molecule has 6 nitrogen and oxygen atoms in total.